The lowest BCUT2D eigenvalue weighted by Gasteiger charge is -2.16. The van der Waals surface area contributed by atoms with E-state index in [1.807, 2.05) is 0 Å². The standard InChI is InChI=1S/C19H18BrN3O8S/c20-15-9-12(23(27)28)3-5-16(15)21-18(25)11-31-19(26)14-10-13(4-6-17(14)24)32(29,30)22-7-1-2-8-22/h3-6,9-10,24H,1-2,7-8,11H2,(H,21,25). The number of sulfonamides is 1. The number of carbonyl (C=O) groups is 2. The summed E-state index contributed by atoms with van der Waals surface area (Å²) in [5.41, 5.74) is -0.353. The number of halogens is 1. The van der Waals surface area contributed by atoms with E-state index in [1.54, 1.807) is 0 Å². The van der Waals surface area contributed by atoms with Crippen molar-refractivity contribution in [3.8, 4) is 5.75 Å². The number of nitrogens with one attached hydrogen (secondary N) is 1. The molecule has 1 aliphatic rings. The number of carbonyl (C=O) groups excluding carboxylic acids is 2. The zero-order valence-electron chi connectivity index (χ0n) is 16.5. The number of ether oxygens (including phenoxy) is 1. The molecule has 170 valence electrons. The lowest BCUT2D eigenvalue weighted by Crippen LogP contribution is -2.28. The van der Waals surface area contributed by atoms with Crippen LogP contribution in [0.2, 0.25) is 0 Å². The quantitative estimate of drug-likeness (QED) is 0.316. The zero-order chi connectivity index (χ0) is 23.5. The minimum absolute atomic E-state index is 0.164. The van der Waals surface area contributed by atoms with Crippen molar-refractivity contribution >= 4 is 49.2 Å². The second kappa shape index (κ2) is 9.63. The molecule has 0 atom stereocenters. The molecule has 0 radical (unpaired) electrons. The number of esters is 1. The third kappa shape index (κ3) is 5.23. The first-order valence-electron chi connectivity index (χ1n) is 9.33. The van der Waals surface area contributed by atoms with Crippen LogP contribution < -0.4 is 5.32 Å². The van der Waals surface area contributed by atoms with Gasteiger partial charge >= 0.3 is 5.97 Å². The fourth-order valence-corrected chi connectivity index (χ4v) is 5.04. The lowest BCUT2D eigenvalue weighted by molar-refractivity contribution is -0.384. The molecule has 0 bridgehead atoms. The van der Waals surface area contributed by atoms with Crippen molar-refractivity contribution in [3.63, 3.8) is 0 Å². The van der Waals surface area contributed by atoms with Crippen molar-refractivity contribution < 1.29 is 32.8 Å². The number of amides is 1. The Labute approximate surface area is 191 Å². The highest BCUT2D eigenvalue weighted by molar-refractivity contribution is 9.10. The number of hydrogen-bond acceptors (Lipinski definition) is 8. The molecule has 0 unspecified atom stereocenters. The van der Waals surface area contributed by atoms with Crippen molar-refractivity contribution in [3.05, 3.63) is 56.5 Å². The number of phenols is 1. The number of non-ortho nitro benzene ring substituents is 1. The minimum Gasteiger partial charge on any atom is -0.507 e. The summed E-state index contributed by atoms with van der Waals surface area (Å²) in [6, 6.07) is 6.98. The lowest BCUT2D eigenvalue weighted by atomic mass is 10.2. The van der Waals surface area contributed by atoms with Gasteiger partial charge in [-0.15, -0.1) is 0 Å². The van der Waals surface area contributed by atoms with E-state index in [0.717, 1.165) is 25.0 Å². The monoisotopic (exact) mass is 527 g/mol. The Kier molecular flexibility index (Phi) is 7.11. The number of nitrogens with zero attached hydrogens (tertiary/aromatic N) is 2. The molecule has 0 aromatic heterocycles. The van der Waals surface area contributed by atoms with Crippen molar-refractivity contribution in [1.82, 2.24) is 4.31 Å². The van der Waals surface area contributed by atoms with Crippen LogP contribution in [0.1, 0.15) is 23.2 Å². The third-order valence-electron chi connectivity index (χ3n) is 4.66. The van der Waals surface area contributed by atoms with Gasteiger partial charge in [-0.25, -0.2) is 13.2 Å². The Balaban J connectivity index is 1.67. The average molecular weight is 528 g/mol. The maximum atomic E-state index is 12.7. The second-order valence-corrected chi connectivity index (χ2v) is 9.63. The van der Waals surface area contributed by atoms with Crippen LogP contribution >= 0.6 is 15.9 Å². The molecule has 0 spiro atoms. The van der Waals surface area contributed by atoms with Gasteiger partial charge in [0.2, 0.25) is 10.0 Å². The molecule has 2 N–H and O–H groups in total. The van der Waals surface area contributed by atoms with Crippen LogP contribution in [-0.4, -0.2) is 54.3 Å². The van der Waals surface area contributed by atoms with Crippen molar-refractivity contribution in [1.29, 1.82) is 0 Å². The molecular formula is C19H18BrN3O8S. The van der Waals surface area contributed by atoms with E-state index in [2.05, 4.69) is 21.2 Å². The van der Waals surface area contributed by atoms with E-state index < -0.39 is 44.7 Å². The second-order valence-electron chi connectivity index (χ2n) is 6.84. The molecule has 2 aromatic rings. The largest absolute Gasteiger partial charge is 0.507 e. The van der Waals surface area contributed by atoms with Gasteiger partial charge in [0.15, 0.2) is 6.61 Å². The van der Waals surface area contributed by atoms with Gasteiger partial charge in [-0.1, -0.05) is 0 Å². The highest BCUT2D eigenvalue weighted by atomic mass is 79.9. The van der Waals surface area contributed by atoms with Gasteiger partial charge in [-0.2, -0.15) is 4.31 Å². The van der Waals surface area contributed by atoms with Crippen molar-refractivity contribution in [2.45, 2.75) is 17.7 Å². The molecule has 1 aliphatic heterocycles. The molecule has 1 amide bonds. The molecule has 3 rings (SSSR count). The van der Waals surface area contributed by atoms with Gasteiger partial charge in [-0.3, -0.25) is 14.9 Å². The Morgan fingerprint density at radius 3 is 2.50 bits per heavy atom. The SMILES string of the molecule is O=C(COC(=O)c1cc(S(=O)(=O)N2CCCC2)ccc1O)Nc1ccc([N+](=O)[O-])cc1Br. The normalized spacial score (nSPS) is 14.2. The first kappa shape index (κ1) is 23.6. The van der Waals surface area contributed by atoms with E-state index in [4.69, 9.17) is 4.74 Å². The Morgan fingerprint density at radius 1 is 1.19 bits per heavy atom. The molecule has 13 heteroatoms. The maximum absolute atomic E-state index is 12.7. The summed E-state index contributed by atoms with van der Waals surface area (Å²) in [5.74, 6) is -2.32. The Morgan fingerprint density at radius 2 is 1.88 bits per heavy atom. The van der Waals surface area contributed by atoms with Crippen LogP contribution in [0.4, 0.5) is 11.4 Å². The van der Waals surface area contributed by atoms with Crippen LogP contribution in [0.25, 0.3) is 0 Å². The molecule has 11 nitrogen and oxygen atoms in total. The number of anilines is 1. The van der Waals surface area contributed by atoms with Crippen molar-refractivity contribution in [2.75, 3.05) is 25.0 Å². The van der Waals surface area contributed by atoms with Crippen LogP contribution in [0.15, 0.2) is 45.8 Å². The summed E-state index contributed by atoms with van der Waals surface area (Å²) in [5, 5.41) is 23.2. The summed E-state index contributed by atoms with van der Waals surface area (Å²) in [4.78, 5) is 34.5. The van der Waals surface area contributed by atoms with Gasteiger partial charge in [0.25, 0.3) is 11.6 Å². The average Bonchev–Trinajstić information content (AvgIpc) is 3.29. The molecule has 1 heterocycles. The summed E-state index contributed by atoms with van der Waals surface area (Å²) >= 11 is 3.10. The number of benzene rings is 2. The number of aromatic hydroxyl groups is 1. The van der Waals surface area contributed by atoms with E-state index in [9.17, 15) is 33.2 Å². The number of nitro benzene ring substituents is 1. The molecule has 2 aromatic carbocycles. The summed E-state index contributed by atoms with van der Waals surface area (Å²) in [7, 11) is -3.82. The van der Waals surface area contributed by atoms with Gasteiger partial charge in [0.1, 0.15) is 11.3 Å². The number of nitro groups is 1. The van der Waals surface area contributed by atoms with Crippen LogP contribution in [0, 0.1) is 10.1 Å². The van der Waals surface area contributed by atoms with Gasteiger partial charge in [-0.05, 0) is 53.0 Å². The predicted octanol–water partition coefficient (Wildman–Crippen LogP) is 2.64. The summed E-state index contributed by atoms with van der Waals surface area (Å²) < 4.78 is 31.8. The molecule has 32 heavy (non-hydrogen) atoms. The Bertz CT molecular complexity index is 1180. The van der Waals surface area contributed by atoms with Crippen LogP contribution in [0.5, 0.6) is 5.75 Å². The molecule has 1 fully saturated rings. The number of hydrogen-bond donors (Lipinski definition) is 2. The first-order valence-corrected chi connectivity index (χ1v) is 11.6. The van der Waals surface area contributed by atoms with Gasteiger partial charge in [0.05, 0.1) is 15.5 Å². The topological polar surface area (TPSA) is 156 Å². The Hall–Kier alpha value is -3.03. The highest BCUT2D eigenvalue weighted by Gasteiger charge is 2.29. The smallest absolute Gasteiger partial charge is 0.342 e. The van der Waals surface area contributed by atoms with E-state index in [-0.39, 0.29) is 20.7 Å². The zero-order valence-corrected chi connectivity index (χ0v) is 18.9. The van der Waals surface area contributed by atoms with Gasteiger partial charge in [0, 0.05) is 29.7 Å². The van der Waals surface area contributed by atoms with Gasteiger partial charge < -0.3 is 15.2 Å². The summed E-state index contributed by atoms with van der Waals surface area (Å²) in [6.45, 7) is 0.0214. The maximum Gasteiger partial charge on any atom is 0.342 e. The number of rotatable bonds is 7. The fourth-order valence-electron chi connectivity index (χ4n) is 3.03. The summed E-state index contributed by atoms with van der Waals surface area (Å²) in [6.07, 6.45) is 1.48. The number of phenolic OH excluding ortho intramolecular Hbond substituents is 1. The highest BCUT2D eigenvalue weighted by Crippen LogP contribution is 2.28. The van der Waals surface area contributed by atoms with E-state index in [0.29, 0.717) is 13.1 Å². The van der Waals surface area contributed by atoms with Crippen LogP contribution in [-0.2, 0) is 19.6 Å². The van der Waals surface area contributed by atoms with E-state index in [1.165, 1.54) is 28.6 Å². The van der Waals surface area contributed by atoms with Crippen molar-refractivity contribution in [2.24, 2.45) is 0 Å². The first-order chi connectivity index (χ1) is 15.1. The molecule has 0 aliphatic carbocycles. The molecular weight excluding hydrogens is 510 g/mol. The minimum atomic E-state index is -3.82. The predicted molar refractivity (Wildman–Crippen MR) is 116 cm³/mol. The van der Waals surface area contributed by atoms with E-state index >= 15 is 0 Å². The molecule has 0 saturated carbocycles. The third-order valence-corrected chi connectivity index (χ3v) is 7.21. The molecule has 1 saturated heterocycles. The fraction of sp³-hybridized carbons (Fsp3) is 0.263. The van der Waals surface area contributed by atoms with Crippen LogP contribution in [0.3, 0.4) is 0 Å².